The van der Waals surface area contributed by atoms with E-state index in [9.17, 15) is 8.42 Å². The van der Waals surface area contributed by atoms with Crippen molar-refractivity contribution in [3.05, 3.63) is 66.0 Å². The topological polar surface area (TPSA) is 85.5 Å². The number of ether oxygens (including phenoxy) is 1. The van der Waals surface area contributed by atoms with E-state index >= 15 is 0 Å². The van der Waals surface area contributed by atoms with Crippen molar-refractivity contribution in [1.82, 2.24) is 14.4 Å². The van der Waals surface area contributed by atoms with Crippen molar-refractivity contribution in [1.29, 1.82) is 0 Å². The average Bonchev–Trinajstić information content (AvgIpc) is 3.32. The van der Waals surface area contributed by atoms with E-state index in [2.05, 4.69) is 10.1 Å². The van der Waals surface area contributed by atoms with E-state index in [1.54, 1.807) is 6.92 Å². The van der Waals surface area contributed by atoms with Gasteiger partial charge in [-0.15, -0.1) is 0 Å². The highest BCUT2D eigenvalue weighted by molar-refractivity contribution is 7.88. The highest BCUT2D eigenvalue weighted by atomic mass is 32.2. The highest BCUT2D eigenvalue weighted by Crippen LogP contribution is 2.31. The van der Waals surface area contributed by atoms with Crippen LogP contribution in [0.3, 0.4) is 0 Å². The van der Waals surface area contributed by atoms with Crippen LogP contribution in [0.25, 0.3) is 11.5 Å². The Labute approximate surface area is 164 Å². The Morgan fingerprint density at radius 2 is 1.89 bits per heavy atom. The molecular formula is C20H21N3O4S. The quantitative estimate of drug-likeness (QED) is 0.633. The van der Waals surface area contributed by atoms with E-state index in [1.165, 1.54) is 4.31 Å². The zero-order chi connectivity index (χ0) is 19.6. The molecule has 8 heteroatoms. The van der Waals surface area contributed by atoms with Crippen molar-refractivity contribution in [3.63, 3.8) is 0 Å². The first kappa shape index (κ1) is 18.6. The van der Waals surface area contributed by atoms with Gasteiger partial charge in [0.15, 0.2) is 5.82 Å². The smallest absolute Gasteiger partial charge is 0.261 e. The Morgan fingerprint density at radius 3 is 2.64 bits per heavy atom. The molecule has 1 unspecified atom stereocenters. The molecular weight excluding hydrogens is 378 g/mol. The summed E-state index contributed by atoms with van der Waals surface area (Å²) in [5.74, 6) is 1.54. The molecule has 1 saturated heterocycles. The molecule has 0 radical (unpaired) electrons. The summed E-state index contributed by atoms with van der Waals surface area (Å²) >= 11 is 0. The van der Waals surface area contributed by atoms with Gasteiger partial charge in [-0.05, 0) is 31.0 Å². The van der Waals surface area contributed by atoms with Gasteiger partial charge in [-0.2, -0.15) is 9.29 Å². The largest absolute Gasteiger partial charge is 0.488 e. The number of para-hydroxylation sites is 1. The van der Waals surface area contributed by atoms with E-state index < -0.39 is 10.0 Å². The monoisotopic (exact) mass is 399 g/mol. The Balaban J connectivity index is 1.46. The SMILES string of the molecule is Cc1noc(-c2ccccc2OC2CCN(S(=O)(=O)Cc3ccccc3)C2)n1. The standard InChI is InChI=1S/C20H21N3O4S/c1-15-21-20(27-22-15)18-9-5-6-10-19(18)26-17-11-12-23(13-17)28(24,25)14-16-7-3-2-4-8-16/h2-10,17H,11-14H2,1H3. The van der Waals surface area contributed by atoms with Crippen molar-refractivity contribution in [2.24, 2.45) is 0 Å². The maximum absolute atomic E-state index is 12.7. The molecule has 7 nitrogen and oxygen atoms in total. The normalized spacial score (nSPS) is 17.7. The van der Waals surface area contributed by atoms with Crippen LogP contribution in [0, 0.1) is 6.92 Å². The summed E-state index contributed by atoms with van der Waals surface area (Å²) in [5, 5.41) is 3.82. The lowest BCUT2D eigenvalue weighted by molar-refractivity contribution is 0.216. The average molecular weight is 399 g/mol. The predicted octanol–water partition coefficient (Wildman–Crippen LogP) is 3.03. The van der Waals surface area contributed by atoms with Gasteiger partial charge in [0.05, 0.1) is 17.9 Å². The van der Waals surface area contributed by atoms with Crippen LogP contribution in [0.1, 0.15) is 17.8 Å². The van der Waals surface area contributed by atoms with Crippen LogP contribution in [0.4, 0.5) is 0 Å². The van der Waals surface area contributed by atoms with Crippen LogP contribution in [0.15, 0.2) is 59.1 Å². The molecule has 1 fully saturated rings. The first-order valence-electron chi connectivity index (χ1n) is 9.09. The fraction of sp³-hybridized carbons (Fsp3) is 0.300. The van der Waals surface area contributed by atoms with Crippen molar-refractivity contribution < 1.29 is 17.7 Å². The molecule has 1 atom stereocenters. The van der Waals surface area contributed by atoms with Gasteiger partial charge in [-0.3, -0.25) is 0 Å². The fourth-order valence-electron chi connectivity index (χ4n) is 3.25. The van der Waals surface area contributed by atoms with E-state index in [0.29, 0.717) is 42.5 Å². The molecule has 0 amide bonds. The van der Waals surface area contributed by atoms with Crippen molar-refractivity contribution in [3.8, 4) is 17.2 Å². The van der Waals surface area contributed by atoms with Crippen LogP contribution in [0.5, 0.6) is 5.75 Å². The Bertz CT molecular complexity index is 1050. The minimum Gasteiger partial charge on any atom is -0.488 e. The summed E-state index contributed by atoms with van der Waals surface area (Å²) in [4.78, 5) is 4.25. The van der Waals surface area contributed by atoms with Crippen LogP contribution in [-0.2, 0) is 15.8 Å². The van der Waals surface area contributed by atoms with Crippen LogP contribution < -0.4 is 4.74 Å². The second kappa shape index (κ2) is 7.73. The molecule has 146 valence electrons. The van der Waals surface area contributed by atoms with Gasteiger partial charge in [-0.1, -0.05) is 47.6 Å². The summed E-state index contributed by atoms with van der Waals surface area (Å²) in [7, 11) is -3.38. The molecule has 3 aromatic rings. The minimum absolute atomic E-state index is 0.00158. The number of aromatic nitrogens is 2. The summed E-state index contributed by atoms with van der Waals surface area (Å²) in [6.45, 7) is 2.52. The molecule has 0 N–H and O–H groups in total. The van der Waals surface area contributed by atoms with E-state index in [4.69, 9.17) is 9.26 Å². The first-order chi connectivity index (χ1) is 13.5. The molecule has 0 spiro atoms. The number of hydrogen-bond donors (Lipinski definition) is 0. The summed E-state index contributed by atoms with van der Waals surface area (Å²) < 4.78 is 38.3. The third kappa shape index (κ3) is 4.07. The number of aryl methyl sites for hydroxylation is 1. The fourth-order valence-corrected chi connectivity index (χ4v) is 4.83. The third-order valence-corrected chi connectivity index (χ3v) is 6.45. The van der Waals surface area contributed by atoms with Crippen LogP contribution >= 0.6 is 0 Å². The Kier molecular flexibility index (Phi) is 5.15. The van der Waals surface area contributed by atoms with Crippen molar-refractivity contribution >= 4 is 10.0 Å². The lowest BCUT2D eigenvalue weighted by Crippen LogP contribution is -2.32. The zero-order valence-corrected chi connectivity index (χ0v) is 16.3. The number of hydrogen-bond acceptors (Lipinski definition) is 6. The predicted molar refractivity (Wildman–Crippen MR) is 104 cm³/mol. The van der Waals surface area contributed by atoms with Gasteiger partial charge in [0.1, 0.15) is 11.9 Å². The van der Waals surface area contributed by atoms with Crippen LogP contribution in [-0.4, -0.2) is 42.1 Å². The molecule has 0 aliphatic carbocycles. The second-order valence-corrected chi connectivity index (χ2v) is 8.74. The summed E-state index contributed by atoms with van der Waals surface area (Å²) in [6, 6.07) is 16.6. The van der Waals surface area contributed by atoms with Crippen LogP contribution in [0.2, 0.25) is 0 Å². The van der Waals surface area contributed by atoms with Gasteiger partial charge >= 0.3 is 0 Å². The molecule has 28 heavy (non-hydrogen) atoms. The summed E-state index contributed by atoms with van der Waals surface area (Å²) in [5.41, 5.74) is 1.48. The van der Waals surface area contributed by atoms with Gasteiger partial charge in [0, 0.05) is 6.54 Å². The van der Waals surface area contributed by atoms with Gasteiger partial charge in [0.2, 0.25) is 10.0 Å². The first-order valence-corrected chi connectivity index (χ1v) is 10.7. The molecule has 1 aliphatic heterocycles. The molecule has 2 heterocycles. The van der Waals surface area contributed by atoms with Gasteiger partial charge in [-0.25, -0.2) is 8.42 Å². The third-order valence-electron chi connectivity index (χ3n) is 4.63. The lowest BCUT2D eigenvalue weighted by Gasteiger charge is -2.18. The second-order valence-electron chi connectivity index (χ2n) is 6.77. The Hall–Kier alpha value is -2.71. The molecule has 1 aromatic heterocycles. The maximum Gasteiger partial charge on any atom is 0.261 e. The van der Waals surface area contributed by atoms with Gasteiger partial charge in [0.25, 0.3) is 5.89 Å². The van der Waals surface area contributed by atoms with Gasteiger partial charge < -0.3 is 9.26 Å². The number of nitrogens with zero attached hydrogens (tertiary/aromatic N) is 3. The van der Waals surface area contributed by atoms with E-state index in [0.717, 1.165) is 5.56 Å². The Morgan fingerprint density at radius 1 is 1.14 bits per heavy atom. The lowest BCUT2D eigenvalue weighted by atomic mass is 10.2. The number of benzene rings is 2. The molecule has 0 saturated carbocycles. The number of sulfonamides is 1. The molecule has 0 bridgehead atoms. The number of rotatable bonds is 6. The van der Waals surface area contributed by atoms with E-state index in [-0.39, 0.29) is 11.9 Å². The summed E-state index contributed by atoms with van der Waals surface area (Å²) in [6.07, 6.45) is 0.404. The minimum atomic E-state index is -3.38. The zero-order valence-electron chi connectivity index (χ0n) is 15.5. The van der Waals surface area contributed by atoms with Crippen molar-refractivity contribution in [2.75, 3.05) is 13.1 Å². The molecule has 2 aromatic carbocycles. The molecule has 4 rings (SSSR count). The molecule has 1 aliphatic rings. The van der Waals surface area contributed by atoms with Crippen molar-refractivity contribution in [2.45, 2.75) is 25.2 Å². The van der Waals surface area contributed by atoms with E-state index in [1.807, 2.05) is 54.6 Å². The maximum atomic E-state index is 12.7. The highest BCUT2D eigenvalue weighted by Gasteiger charge is 2.33.